The Morgan fingerprint density at radius 3 is 2.65 bits per heavy atom. The minimum absolute atomic E-state index is 0.131. The Hall–Kier alpha value is -1.02. The van der Waals surface area contributed by atoms with Gasteiger partial charge < -0.3 is 10.6 Å². The van der Waals surface area contributed by atoms with Crippen LogP contribution in [0.5, 0.6) is 0 Å². The van der Waals surface area contributed by atoms with Gasteiger partial charge in [-0.1, -0.05) is 18.2 Å². The molecular weight excluding hydrogens is 208 g/mol. The third-order valence-corrected chi connectivity index (χ3v) is 4.10. The van der Waals surface area contributed by atoms with E-state index in [0.29, 0.717) is 6.04 Å². The number of benzene rings is 1. The van der Waals surface area contributed by atoms with Crippen LogP contribution in [0.3, 0.4) is 0 Å². The highest BCUT2D eigenvalue weighted by Crippen LogP contribution is 2.39. The standard InChI is InChI=1S/C15H22N2/c1-15(2,16)14-9-12-5-3-4-6-13(12)17(14)10-11-7-8-11/h3-6,11,14H,7-10,16H2,1-2H3. The number of hydrogen-bond acceptors (Lipinski definition) is 2. The first kappa shape index (κ1) is 11.1. The van der Waals surface area contributed by atoms with Gasteiger partial charge in [0.25, 0.3) is 0 Å². The maximum absolute atomic E-state index is 6.37. The minimum Gasteiger partial charge on any atom is -0.366 e. The summed E-state index contributed by atoms with van der Waals surface area (Å²) < 4.78 is 0. The van der Waals surface area contributed by atoms with Crippen LogP contribution in [0.2, 0.25) is 0 Å². The minimum atomic E-state index is -0.131. The summed E-state index contributed by atoms with van der Waals surface area (Å²) >= 11 is 0. The van der Waals surface area contributed by atoms with Crippen molar-refractivity contribution >= 4 is 5.69 Å². The van der Waals surface area contributed by atoms with Crippen molar-refractivity contribution in [2.45, 2.75) is 44.7 Å². The molecule has 1 aromatic rings. The van der Waals surface area contributed by atoms with E-state index in [9.17, 15) is 0 Å². The normalized spacial score (nSPS) is 23.9. The third-order valence-electron chi connectivity index (χ3n) is 4.10. The van der Waals surface area contributed by atoms with Gasteiger partial charge in [0, 0.05) is 17.8 Å². The maximum Gasteiger partial charge on any atom is 0.0505 e. The number of nitrogens with zero attached hydrogens (tertiary/aromatic N) is 1. The molecule has 0 amide bonds. The summed E-state index contributed by atoms with van der Waals surface area (Å²) in [7, 11) is 0. The van der Waals surface area contributed by atoms with Crippen LogP contribution < -0.4 is 10.6 Å². The second-order valence-corrected chi connectivity index (χ2v) is 6.27. The molecule has 1 aromatic carbocycles. The van der Waals surface area contributed by atoms with E-state index < -0.39 is 0 Å². The van der Waals surface area contributed by atoms with Gasteiger partial charge in [0.1, 0.15) is 0 Å². The second kappa shape index (κ2) is 3.74. The van der Waals surface area contributed by atoms with E-state index in [1.165, 1.54) is 30.6 Å². The molecule has 1 unspecified atom stereocenters. The topological polar surface area (TPSA) is 29.3 Å². The van der Waals surface area contributed by atoms with Crippen molar-refractivity contribution in [2.75, 3.05) is 11.4 Å². The first-order valence-electron chi connectivity index (χ1n) is 6.69. The molecule has 2 nitrogen and oxygen atoms in total. The van der Waals surface area contributed by atoms with Gasteiger partial charge in [-0.3, -0.25) is 0 Å². The average molecular weight is 230 g/mol. The van der Waals surface area contributed by atoms with Crippen LogP contribution >= 0.6 is 0 Å². The van der Waals surface area contributed by atoms with E-state index in [0.717, 1.165) is 12.3 Å². The predicted molar refractivity (Wildman–Crippen MR) is 72.3 cm³/mol. The molecule has 1 fully saturated rings. The van der Waals surface area contributed by atoms with E-state index in [2.05, 4.69) is 43.0 Å². The first-order chi connectivity index (χ1) is 8.05. The Kier molecular flexibility index (Phi) is 2.44. The van der Waals surface area contributed by atoms with Gasteiger partial charge in [-0.2, -0.15) is 0 Å². The summed E-state index contributed by atoms with van der Waals surface area (Å²) in [4.78, 5) is 2.56. The summed E-state index contributed by atoms with van der Waals surface area (Å²) in [5, 5.41) is 0. The Morgan fingerprint density at radius 1 is 1.29 bits per heavy atom. The van der Waals surface area contributed by atoms with E-state index in [-0.39, 0.29) is 5.54 Å². The van der Waals surface area contributed by atoms with Gasteiger partial charge in [-0.05, 0) is 50.7 Å². The average Bonchev–Trinajstić information content (AvgIpc) is 2.98. The summed E-state index contributed by atoms with van der Waals surface area (Å²) in [5.41, 5.74) is 9.12. The molecule has 1 aliphatic carbocycles. The van der Waals surface area contributed by atoms with Crippen LogP contribution in [-0.2, 0) is 6.42 Å². The van der Waals surface area contributed by atoms with Gasteiger partial charge in [0.2, 0.25) is 0 Å². The highest BCUT2D eigenvalue weighted by Gasteiger charge is 2.39. The Bertz CT molecular complexity index is 415. The lowest BCUT2D eigenvalue weighted by Gasteiger charge is -2.36. The van der Waals surface area contributed by atoms with Crippen LogP contribution in [0.15, 0.2) is 24.3 Å². The van der Waals surface area contributed by atoms with Gasteiger partial charge in [0.15, 0.2) is 0 Å². The van der Waals surface area contributed by atoms with Crippen molar-refractivity contribution in [1.82, 2.24) is 0 Å². The Labute approximate surface area is 104 Å². The monoisotopic (exact) mass is 230 g/mol. The van der Waals surface area contributed by atoms with Crippen molar-refractivity contribution in [3.8, 4) is 0 Å². The van der Waals surface area contributed by atoms with Crippen molar-refractivity contribution < 1.29 is 0 Å². The molecule has 0 radical (unpaired) electrons. The maximum atomic E-state index is 6.37. The molecule has 3 rings (SSSR count). The molecule has 2 heteroatoms. The Balaban J connectivity index is 1.92. The molecule has 2 N–H and O–H groups in total. The van der Waals surface area contributed by atoms with Crippen LogP contribution in [0.25, 0.3) is 0 Å². The van der Waals surface area contributed by atoms with Crippen LogP contribution in [0.1, 0.15) is 32.3 Å². The molecule has 1 heterocycles. The third kappa shape index (κ3) is 2.06. The lowest BCUT2D eigenvalue weighted by Crippen LogP contribution is -2.54. The molecule has 0 saturated heterocycles. The summed E-state index contributed by atoms with van der Waals surface area (Å²) in [6.45, 7) is 5.51. The van der Waals surface area contributed by atoms with Crippen molar-refractivity contribution in [2.24, 2.45) is 11.7 Å². The highest BCUT2D eigenvalue weighted by atomic mass is 15.2. The largest absolute Gasteiger partial charge is 0.366 e. The van der Waals surface area contributed by atoms with E-state index in [1.807, 2.05) is 0 Å². The number of anilines is 1. The fraction of sp³-hybridized carbons (Fsp3) is 0.600. The number of nitrogens with two attached hydrogens (primary N) is 1. The lowest BCUT2D eigenvalue weighted by molar-refractivity contribution is 0.392. The number of rotatable bonds is 3. The molecule has 1 aliphatic heterocycles. The van der Waals surface area contributed by atoms with E-state index in [1.54, 1.807) is 0 Å². The molecule has 1 atom stereocenters. The van der Waals surface area contributed by atoms with Gasteiger partial charge in [-0.15, -0.1) is 0 Å². The van der Waals surface area contributed by atoms with Crippen LogP contribution in [-0.4, -0.2) is 18.1 Å². The predicted octanol–water partition coefficient (Wildman–Crippen LogP) is 2.57. The smallest absolute Gasteiger partial charge is 0.0505 e. The van der Waals surface area contributed by atoms with Gasteiger partial charge >= 0.3 is 0 Å². The quantitative estimate of drug-likeness (QED) is 0.864. The van der Waals surface area contributed by atoms with Crippen molar-refractivity contribution in [3.05, 3.63) is 29.8 Å². The summed E-state index contributed by atoms with van der Waals surface area (Å²) in [6.07, 6.45) is 3.90. The summed E-state index contributed by atoms with van der Waals surface area (Å²) in [5.74, 6) is 0.908. The molecule has 17 heavy (non-hydrogen) atoms. The molecule has 92 valence electrons. The van der Waals surface area contributed by atoms with Crippen molar-refractivity contribution in [1.29, 1.82) is 0 Å². The second-order valence-electron chi connectivity index (χ2n) is 6.27. The molecule has 0 spiro atoms. The molecular formula is C15H22N2. The molecule has 0 aromatic heterocycles. The first-order valence-corrected chi connectivity index (χ1v) is 6.69. The molecule has 0 bridgehead atoms. The SMILES string of the molecule is CC(C)(N)C1Cc2ccccc2N1CC1CC1. The number of para-hydroxylation sites is 1. The van der Waals surface area contributed by atoms with Crippen LogP contribution in [0, 0.1) is 5.92 Å². The fourth-order valence-corrected chi connectivity index (χ4v) is 2.92. The van der Waals surface area contributed by atoms with E-state index >= 15 is 0 Å². The van der Waals surface area contributed by atoms with Crippen molar-refractivity contribution in [3.63, 3.8) is 0 Å². The van der Waals surface area contributed by atoms with Crippen LogP contribution in [0.4, 0.5) is 5.69 Å². The zero-order valence-electron chi connectivity index (χ0n) is 10.8. The summed E-state index contributed by atoms with van der Waals surface area (Å²) in [6, 6.07) is 9.25. The zero-order valence-corrected chi connectivity index (χ0v) is 10.8. The fourth-order valence-electron chi connectivity index (χ4n) is 2.92. The number of hydrogen-bond donors (Lipinski definition) is 1. The Morgan fingerprint density at radius 2 is 2.00 bits per heavy atom. The molecule has 1 saturated carbocycles. The van der Waals surface area contributed by atoms with E-state index in [4.69, 9.17) is 5.73 Å². The highest BCUT2D eigenvalue weighted by molar-refractivity contribution is 5.60. The lowest BCUT2D eigenvalue weighted by atomic mass is 9.92. The van der Waals surface area contributed by atoms with Gasteiger partial charge in [0.05, 0.1) is 6.04 Å². The molecule has 2 aliphatic rings. The zero-order chi connectivity index (χ0) is 12.0. The number of fused-ring (bicyclic) bond motifs is 1. The van der Waals surface area contributed by atoms with Gasteiger partial charge in [-0.25, -0.2) is 0 Å².